The van der Waals surface area contributed by atoms with Crippen LogP contribution in [0.15, 0.2) is 23.4 Å². The fourth-order valence-corrected chi connectivity index (χ4v) is 2.68. The van der Waals surface area contributed by atoms with Gasteiger partial charge in [-0.15, -0.1) is 0 Å². The van der Waals surface area contributed by atoms with E-state index in [-0.39, 0.29) is 11.8 Å². The van der Waals surface area contributed by atoms with E-state index in [9.17, 15) is 13.8 Å². The van der Waals surface area contributed by atoms with Gasteiger partial charge in [-0.25, -0.2) is 0 Å². The van der Waals surface area contributed by atoms with Crippen LogP contribution in [0.25, 0.3) is 0 Å². The lowest BCUT2D eigenvalue weighted by Crippen LogP contribution is -2.31. The molecule has 6 nitrogen and oxygen atoms in total. The van der Waals surface area contributed by atoms with Crippen LogP contribution in [-0.2, 0) is 20.4 Å². The van der Waals surface area contributed by atoms with E-state index in [1.54, 1.807) is 13.1 Å². The Hall–Kier alpha value is -1.76. The summed E-state index contributed by atoms with van der Waals surface area (Å²) in [6, 6.07) is 1.59. The van der Waals surface area contributed by atoms with E-state index in [0.717, 1.165) is 0 Å². The second kappa shape index (κ2) is 5.48. The maximum absolute atomic E-state index is 12.1. The summed E-state index contributed by atoms with van der Waals surface area (Å²) in [5, 5.41) is 2.64. The fraction of sp³-hybridized carbons (Fsp3) is 0.417. The van der Waals surface area contributed by atoms with Crippen molar-refractivity contribution in [2.45, 2.75) is 11.3 Å². The molecule has 1 unspecified atom stereocenters. The zero-order chi connectivity index (χ0) is 14.0. The van der Waals surface area contributed by atoms with Gasteiger partial charge < -0.3 is 10.2 Å². The van der Waals surface area contributed by atoms with Crippen molar-refractivity contribution in [3.63, 3.8) is 0 Å². The number of pyridine rings is 1. The van der Waals surface area contributed by atoms with E-state index in [0.29, 0.717) is 23.5 Å². The lowest BCUT2D eigenvalue weighted by Gasteiger charge is -2.12. The van der Waals surface area contributed by atoms with Gasteiger partial charge in [0.15, 0.2) is 0 Å². The molecule has 1 aromatic heterocycles. The van der Waals surface area contributed by atoms with Crippen LogP contribution >= 0.6 is 0 Å². The Labute approximate surface area is 113 Å². The van der Waals surface area contributed by atoms with Crippen LogP contribution in [0.3, 0.4) is 0 Å². The number of nitrogens with zero attached hydrogens (tertiary/aromatic N) is 2. The number of rotatable bonds is 3. The van der Waals surface area contributed by atoms with Crippen molar-refractivity contribution in [2.24, 2.45) is 5.92 Å². The van der Waals surface area contributed by atoms with Crippen molar-refractivity contribution in [2.75, 3.05) is 25.2 Å². The van der Waals surface area contributed by atoms with Gasteiger partial charge in [-0.3, -0.25) is 18.8 Å². The van der Waals surface area contributed by atoms with Gasteiger partial charge in [0.25, 0.3) is 0 Å². The molecule has 0 bridgehead atoms. The van der Waals surface area contributed by atoms with Gasteiger partial charge in [-0.05, 0) is 12.5 Å². The van der Waals surface area contributed by atoms with E-state index in [2.05, 4.69) is 10.3 Å². The van der Waals surface area contributed by atoms with Crippen LogP contribution < -0.4 is 5.32 Å². The summed E-state index contributed by atoms with van der Waals surface area (Å²) in [6.45, 7) is 0.580. The fourth-order valence-electron chi connectivity index (χ4n) is 2.01. The number of hydrogen-bond acceptors (Lipinski definition) is 4. The highest BCUT2D eigenvalue weighted by molar-refractivity contribution is 7.84. The molecule has 1 fully saturated rings. The highest BCUT2D eigenvalue weighted by Crippen LogP contribution is 2.21. The topological polar surface area (TPSA) is 79.4 Å². The molecule has 1 N–H and O–H groups in total. The highest BCUT2D eigenvalue weighted by Gasteiger charge is 2.35. The minimum atomic E-state index is -1.22. The molecule has 0 aliphatic carbocycles. The third-order valence-electron chi connectivity index (χ3n) is 3.09. The number of amides is 2. The Morgan fingerprint density at radius 3 is 2.89 bits per heavy atom. The van der Waals surface area contributed by atoms with Gasteiger partial charge >= 0.3 is 0 Å². The summed E-state index contributed by atoms with van der Waals surface area (Å²) in [7, 11) is 0.449. The molecule has 2 atom stereocenters. The first-order valence-corrected chi connectivity index (χ1v) is 7.40. The largest absolute Gasteiger partial charge is 0.345 e. The summed E-state index contributed by atoms with van der Waals surface area (Å²) < 4.78 is 11.5. The molecule has 1 aliphatic rings. The van der Waals surface area contributed by atoms with E-state index >= 15 is 0 Å². The normalized spacial score (nSPS) is 20.4. The smallest absolute Gasteiger partial charge is 0.237 e. The molecule has 0 saturated carbocycles. The molecule has 7 heteroatoms. The van der Waals surface area contributed by atoms with E-state index in [1.807, 2.05) is 0 Å². The molecular formula is C12H15N3O3S. The highest BCUT2D eigenvalue weighted by atomic mass is 32.2. The lowest BCUT2D eigenvalue weighted by molar-refractivity contribution is -0.134. The van der Waals surface area contributed by atoms with Gasteiger partial charge in [0.2, 0.25) is 11.8 Å². The Kier molecular flexibility index (Phi) is 3.94. The first kappa shape index (κ1) is 13.7. The predicted octanol–water partition coefficient (Wildman–Crippen LogP) is 0.236. The van der Waals surface area contributed by atoms with Crippen molar-refractivity contribution in [1.29, 1.82) is 0 Å². The van der Waals surface area contributed by atoms with Gasteiger partial charge in [0, 0.05) is 26.0 Å². The van der Waals surface area contributed by atoms with E-state index in [1.165, 1.54) is 23.5 Å². The zero-order valence-corrected chi connectivity index (χ0v) is 11.6. The van der Waals surface area contributed by atoms with Crippen LogP contribution in [-0.4, -0.2) is 45.8 Å². The SMILES string of the molecule is CN1CC[C@@H](C(=O)Nc2cnccc2S(C)=O)C1=O. The minimum Gasteiger partial charge on any atom is -0.345 e. The third kappa shape index (κ3) is 2.81. The van der Waals surface area contributed by atoms with Crippen molar-refractivity contribution in [3.8, 4) is 0 Å². The minimum absolute atomic E-state index is 0.180. The van der Waals surface area contributed by atoms with Crippen molar-refractivity contribution in [1.82, 2.24) is 9.88 Å². The molecule has 2 amide bonds. The molecule has 19 heavy (non-hydrogen) atoms. The Morgan fingerprint density at radius 2 is 2.32 bits per heavy atom. The van der Waals surface area contributed by atoms with Crippen molar-refractivity contribution in [3.05, 3.63) is 18.5 Å². The Morgan fingerprint density at radius 1 is 1.58 bits per heavy atom. The molecule has 1 saturated heterocycles. The summed E-state index contributed by atoms with van der Waals surface area (Å²) in [6.07, 6.45) is 4.99. The zero-order valence-electron chi connectivity index (χ0n) is 10.8. The number of hydrogen-bond donors (Lipinski definition) is 1. The van der Waals surface area contributed by atoms with Gasteiger partial charge in [-0.1, -0.05) is 0 Å². The maximum atomic E-state index is 12.1. The van der Waals surface area contributed by atoms with Crippen LogP contribution in [0.2, 0.25) is 0 Å². The van der Waals surface area contributed by atoms with E-state index in [4.69, 9.17) is 0 Å². The summed E-state index contributed by atoms with van der Waals surface area (Å²) >= 11 is 0. The van der Waals surface area contributed by atoms with E-state index < -0.39 is 16.7 Å². The molecule has 1 aromatic rings. The van der Waals surface area contributed by atoms with Crippen LogP contribution in [0.1, 0.15) is 6.42 Å². The number of nitrogens with one attached hydrogen (secondary N) is 1. The molecule has 2 heterocycles. The third-order valence-corrected chi connectivity index (χ3v) is 4.07. The van der Waals surface area contributed by atoms with Crippen LogP contribution in [0, 0.1) is 5.92 Å². The second-order valence-corrected chi connectivity index (χ2v) is 5.76. The standard InChI is InChI=1S/C12H15N3O3S/c1-15-6-4-8(12(15)17)11(16)14-9-7-13-5-3-10(9)19(2)18/h3,5,7-8H,4,6H2,1-2H3,(H,14,16)/t8-,19?/m0/s1. The number of carbonyl (C=O) groups is 2. The molecule has 1 aliphatic heterocycles. The molecule has 102 valence electrons. The quantitative estimate of drug-likeness (QED) is 0.805. The number of carbonyl (C=O) groups excluding carboxylic acids is 2. The van der Waals surface area contributed by atoms with Crippen LogP contribution in [0.4, 0.5) is 5.69 Å². The first-order chi connectivity index (χ1) is 9.00. The van der Waals surface area contributed by atoms with Crippen molar-refractivity contribution < 1.29 is 13.8 Å². The maximum Gasteiger partial charge on any atom is 0.237 e. The summed E-state index contributed by atoms with van der Waals surface area (Å²) in [5.74, 6) is -1.21. The predicted molar refractivity (Wildman–Crippen MR) is 70.9 cm³/mol. The monoisotopic (exact) mass is 281 g/mol. The molecular weight excluding hydrogens is 266 g/mol. The first-order valence-electron chi connectivity index (χ1n) is 5.84. The molecule has 0 spiro atoms. The second-order valence-electron chi connectivity index (χ2n) is 4.42. The van der Waals surface area contributed by atoms with Gasteiger partial charge in [-0.2, -0.15) is 0 Å². The van der Waals surface area contributed by atoms with Crippen molar-refractivity contribution >= 4 is 28.3 Å². The average Bonchev–Trinajstić information content (AvgIpc) is 2.70. The molecule has 0 radical (unpaired) electrons. The summed E-state index contributed by atoms with van der Waals surface area (Å²) in [4.78, 5) is 29.7. The number of aromatic nitrogens is 1. The average molecular weight is 281 g/mol. The number of likely N-dealkylation sites (tertiary alicyclic amines) is 1. The van der Waals surface area contributed by atoms with Crippen LogP contribution in [0.5, 0.6) is 0 Å². The number of anilines is 1. The Balaban J connectivity index is 2.16. The van der Waals surface area contributed by atoms with Gasteiger partial charge in [0.1, 0.15) is 5.92 Å². The molecule has 0 aromatic carbocycles. The molecule has 2 rings (SSSR count). The lowest BCUT2D eigenvalue weighted by atomic mass is 10.1. The summed E-state index contributed by atoms with van der Waals surface area (Å²) in [5.41, 5.74) is 0.399. The Bertz CT molecular complexity index is 547. The van der Waals surface area contributed by atoms with Gasteiger partial charge in [0.05, 0.1) is 27.6 Å².